The smallest absolute Gasteiger partial charge is 0.318 e. The molecule has 2 aromatic carbocycles. The number of benzene rings is 2. The molecule has 1 unspecified atom stereocenters. The van der Waals surface area contributed by atoms with Crippen molar-refractivity contribution in [2.45, 2.75) is 27.3 Å². The summed E-state index contributed by atoms with van der Waals surface area (Å²) in [4.78, 5) is 41.5. The number of imide groups is 1. The number of urea groups is 1. The lowest BCUT2D eigenvalue weighted by Gasteiger charge is -2.27. The van der Waals surface area contributed by atoms with Crippen molar-refractivity contribution in [3.8, 4) is 0 Å². The zero-order chi connectivity index (χ0) is 23.2. The van der Waals surface area contributed by atoms with Gasteiger partial charge < -0.3 is 5.32 Å². The van der Waals surface area contributed by atoms with Crippen LogP contribution in [-0.4, -0.2) is 52.2 Å². The van der Waals surface area contributed by atoms with E-state index in [1.807, 2.05) is 63.2 Å². The van der Waals surface area contributed by atoms with Gasteiger partial charge in [0.05, 0.1) is 7.05 Å². The van der Waals surface area contributed by atoms with E-state index in [-0.39, 0.29) is 11.8 Å². The number of carbonyl (C=O) groups is 3. The Kier molecular flexibility index (Phi) is 5.42. The first-order valence-corrected chi connectivity index (χ1v) is 10.5. The molecule has 1 saturated heterocycles. The molecule has 1 N–H and O–H groups in total. The fraction of sp³-hybridized carbons (Fsp3) is 0.280. The van der Waals surface area contributed by atoms with Crippen molar-refractivity contribution in [2.24, 2.45) is 5.92 Å². The zero-order valence-corrected chi connectivity index (χ0v) is 19.0. The summed E-state index contributed by atoms with van der Waals surface area (Å²) in [7, 11) is 3.10. The monoisotopic (exact) mass is 431 g/mol. The van der Waals surface area contributed by atoms with Gasteiger partial charge in [0.15, 0.2) is 11.6 Å². The van der Waals surface area contributed by atoms with Gasteiger partial charge in [0.1, 0.15) is 6.54 Å². The van der Waals surface area contributed by atoms with Gasteiger partial charge in [-0.15, -0.1) is 0 Å². The molecule has 1 fully saturated rings. The Labute approximate surface area is 187 Å². The molecule has 2 heterocycles. The molecule has 32 heavy (non-hydrogen) atoms. The van der Waals surface area contributed by atoms with Gasteiger partial charge in [-0.1, -0.05) is 48.0 Å². The van der Waals surface area contributed by atoms with Crippen molar-refractivity contribution >= 4 is 29.4 Å². The number of carbonyl (C=O) groups excluding carboxylic acids is 3. The second-order valence-corrected chi connectivity index (χ2v) is 8.43. The molecular formula is C25H27N4O3+. The average Bonchev–Trinajstić information content (AvgIpc) is 3.13. The van der Waals surface area contributed by atoms with Gasteiger partial charge in [0.25, 0.3) is 17.6 Å². The van der Waals surface area contributed by atoms with Crippen LogP contribution in [0.1, 0.15) is 22.3 Å². The molecule has 0 aromatic heterocycles. The number of rotatable bonds is 4. The van der Waals surface area contributed by atoms with Crippen LogP contribution in [0.4, 0.5) is 10.5 Å². The summed E-state index contributed by atoms with van der Waals surface area (Å²) < 4.78 is 1.77. The minimum Gasteiger partial charge on any atom is -0.318 e. The molecule has 2 aliphatic heterocycles. The summed E-state index contributed by atoms with van der Waals surface area (Å²) in [6, 6.07) is 13.3. The first-order chi connectivity index (χ1) is 15.2. The maximum Gasteiger partial charge on any atom is 0.417 e. The van der Waals surface area contributed by atoms with Gasteiger partial charge in [0.2, 0.25) is 0 Å². The molecule has 2 aromatic rings. The van der Waals surface area contributed by atoms with Gasteiger partial charge in [-0.2, -0.15) is 4.90 Å². The SMILES string of the molecule is Cc1cc(C)c(NC(=O)C2=CC3C(=O)N(C)C(=O)N(C)C3=[N+]2Cc2ccccc2)c(C)c1. The van der Waals surface area contributed by atoms with Crippen LogP contribution in [-0.2, 0) is 16.1 Å². The van der Waals surface area contributed by atoms with Crippen LogP contribution in [0.25, 0.3) is 0 Å². The maximum absolute atomic E-state index is 13.5. The Morgan fingerprint density at radius 2 is 1.62 bits per heavy atom. The normalized spacial score (nSPS) is 18.2. The standard InChI is InChI=1S/C25H26N4O3/c1-15-11-16(2)21(17(3)12-15)26-22(30)20-13-19-23(27(4)25(32)28(5)24(19)31)29(20)14-18-9-7-6-8-10-18/h6-13,19H,14H2,1-5H3/p+1. The summed E-state index contributed by atoms with van der Waals surface area (Å²) in [5.41, 5.74) is 5.15. The fourth-order valence-electron chi connectivity index (χ4n) is 4.50. The summed E-state index contributed by atoms with van der Waals surface area (Å²) in [5, 5.41) is 3.03. The van der Waals surface area contributed by atoms with Gasteiger partial charge >= 0.3 is 6.03 Å². The lowest BCUT2D eigenvalue weighted by Crippen LogP contribution is -2.57. The molecule has 0 bridgehead atoms. The molecule has 0 radical (unpaired) electrons. The Hall–Kier alpha value is -3.74. The Morgan fingerprint density at radius 3 is 2.25 bits per heavy atom. The van der Waals surface area contributed by atoms with E-state index >= 15 is 0 Å². The van der Waals surface area contributed by atoms with E-state index < -0.39 is 11.9 Å². The number of fused-ring (bicyclic) bond motifs is 1. The van der Waals surface area contributed by atoms with Crippen LogP contribution in [0.5, 0.6) is 0 Å². The van der Waals surface area contributed by atoms with Gasteiger partial charge in [-0.3, -0.25) is 9.59 Å². The molecule has 0 spiro atoms. The van der Waals surface area contributed by atoms with E-state index in [0.717, 1.165) is 32.8 Å². The average molecular weight is 432 g/mol. The van der Waals surface area contributed by atoms with E-state index in [4.69, 9.17) is 0 Å². The molecule has 4 rings (SSSR count). The van der Waals surface area contributed by atoms with Crippen molar-refractivity contribution in [3.05, 3.63) is 76.5 Å². The van der Waals surface area contributed by atoms with E-state index in [9.17, 15) is 14.4 Å². The molecule has 7 nitrogen and oxygen atoms in total. The van der Waals surface area contributed by atoms with Crippen LogP contribution in [0.2, 0.25) is 0 Å². The number of amidine groups is 1. The van der Waals surface area contributed by atoms with Crippen molar-refractivity contribution in [1.29, 1.82) is 0 Å². The lowest BCUT2D eigenvalue weighted by atomic mass is 10.0. The summed E-state index contributed by atoms with van der Waals surface area (Å²) in [6.45, 7) is 6.30. The minimum atomic E-state index is -0.688. The van der Waals surface area contributed by atoms with Crippen LogP contribution in [0.15, 0.2) is 54.2 Å². The number of hydrogen-bond donors (Lipinski definition) is 1. The van der Waals surface area contributed by atoms with Crippen LogP contribution >= 0.6 is 0 Å². The topological polar surface area (TPSA) is 72.7 Å². The number of nitrogens with zero attached hydrogens (tertiary/aromatic N) is 3. The van der Waals surface area contributed by atoms with Crippen LogP contribution in [0.3, 0.4) is 0 Å². The number of anilines is 1. The maximum atomic E-state index is 13.5. The number of hydrogen-bond acceptors (Lipinski definition) is 3. The first-order valence-electron chi connectivity index (χ1n) is 10.5. The van der Waals surface area contributed by atoms with E-state index in [1.165, 1.54) is 11.9 Å². The molecule has 0 aliphatic carbocycles. The molecule has 164 valence electrons. The highest BCUT2D eigenvalue weighted by Crippen LogP contribution is 2.29. The zero-order valence-electron chi connectivity index (χ0n) is 19.0. The quantitative estimate of drug-likeness (QED) is 0.756. The summed E-state index contributed by atoms with van der Waals surface area (Å²) in [6.07, 6.45) is 1.66. The third kappa shape index (κ3) is 3.60. The van der Waals surface area contributed by atoms with Crippen molar-refractivity contribution < 1.29 is 19.0 Å². The third-order valence-corrected chi connectivity index (χ3v) is 6.02. The Balaban J connectivity index is 1.77. The van der Waals surface area contributed by atoms with Crippen molar-refractivity contribution in [1.82, 2.24) is 9.80 Å². The number of nitrogens with one attached hydrogen (secondary N) is 1. The fourth-order valence-corrected chi connectivity index (χ4v) is 4.50. The summed E-state index contributed by atoms with van der Waals surface area (Å²) in [5.74, 6) is -0.835. The highest BCUT2D eigenvalue weighted by molar-refractivity contribution is 6.19. The molecule has 2 aliphatic rings. The van der Waals surface area contributed by atoms with Crippen LogP contribution in [0, 0.1) is 26.7 Å². The lowest BCUT2D eigenvalue weighted by molar-refractivity contribution is -0.489. The molecule has 7 heteroatoms. The van der Waals surface area contributed by atoms with Gasteiger partial charge in [0, 0.05) is 12.7 Å². The highest BCUT2D eigenvalue weighted by Gasteiger charge is 2.51. The predicted octanol–water partition coefficient (Wildman–Crippen LogP) is 3.20. The molecule has 0 saturated carbocycles. The largest absolute Gasteiger partial charge is 0.417 e. The predicted molar refractivity (Wildman–Crippen MR) is 122 cm³/mol. The first kappa shape index (κ1) is 21.5. The van der Waals surface area contributed by atoms with Crippen molar-refractivity contribution in [2.75, 3.05) is 19.4 Å². The third-order valence-electron chi connectivity index (χ3n) is 6.02. The minimum absolute atomic E-state index is 0.311. The molecular weight excluding hydrogens is 404 g/mol. The molecule has 1 atom stereocenters. The van der Waals surface area contributed by atoms with Crippen molar-refractivity contribution in [3.63, 3.8) is 0 Å². The van der Waals surface area contributed by atoms with E-state index in [1.54, 1.807) is 17.7 Å². The second-order valence-electron chi connectivity index (χ2n) is 8.43. The Morgan fingerprint density at radius 1 is 1.00 bits per heavy atom. The molecule has 4 amide bonds. The second kappa shape index (κ2) is 8.07. The number of amides is 4. The van der Waals surface area contributed by atoms with E-state index in [2.05, 4.69) is 5.32 Å². The van der Waals surface area contributed by atoms with Gasteiger partial charge in [-0.25, -0.2) is 14.3 Å². The van der Waals surface area contributed by atoms with Gasteiger partial charge in [-0.05, 0) is 43.5 Å². The Bertz CT molecular complexity index is 1170. The van der Waals surface area contributed by atoms with Crippen LogP contribution < -0.4 is 5.32 Å². The number of aryl methyl sites for hydroxylation is 3. The highest BCUT2D eigenvalue weighted by atomic mass is 16.2. The summed E-state index contributed by atoms with van der Waals surface area (Å²) >= 11 is 0. The van der Waals surface area contributed by atoms with E-state index in [0.29, 0.717) is 18.1 Å².